The maximum Gasteiger partial charge on any atom is 0.306 e. The standard InChI is InChI=1S/C10H20O2/c1-6-8(2)7-9(11)12-10(3,4)5/h8H,6-7H2,1-5H3/t8-/m1/s1. The number of carbonyl (C=O) groups excluding carboxylic acids is 1. The van der Waals surface area contributed by atoms with Gasteiger partial charge in [0.15, 0.2) is 0 Å². The molecule has 0 radical (unpaired) electrons. The zero-order chi connectivity index (χ0) is 9.78. The molecule has 0 saturated heterocycles. The van der Waals surface area contributed by atoms with Gasteiger partial charge in [-0.2, -0.15) is 0 Å². The van der Waals surface area contributed by atoms with Gasteiger partial charge in [0.1, 0.15) is 5.60 Å². The van der Waals surface area contributed by atoms with E-state index >= 15 is 0 Å². The lowest BCUT2D eigenvalue weighted by molar-refractivity contribution is -0.155. The Morgan fingerprint density at radius 1 is 1.42 bits per heavy atom. The molecule has 0 fully saturated rings. The van der Waals surface area contributed by atoms with Crippen molar-refractivity contribution in [3.8, 4) is 0 Å². The summed E-state index contributed by atoms with van der Waals surface area (Å²) in [5.41, 5.74) is -0.343. The van der Waals surface area contributed by atoms with Gasteiger partial charge in [-0.15, -0.1) is 0 Å². The van der Waals surface area contributed by atoms with Crippen LogP contribution in [0.3, 0.4) is 0 Å². The molecular formula is C10H20O2. The lowest BCUT2D eigenvalue weighted by Crippen LogP contribution is -2.24. The summed E-state index contributed by atoms with van der Waals surface area (Å²) in [4.78, 5) is 11.2. The van der Waals surface area contributed by atoms with Gasteiger partial charge in [0.2, 0.25) is 0 Å². The molecule has 2 nitrogen and oxygen atoms in total. The molecule has 0 aliphatic heterocycles. The molecule has 0 rings (SSSR count). The van der Waals surface area contributed by atoms with Gasteiger partial charge in [-0.3, -0.25) is 4.79 Å². The first-order valence-electron chi connectivity index (χ1n) is 4.57. The fourth-order valence-electron chi connectivity index (χ4n) is 0.812. The lowest BCUT2D eigenvalue weighted by Gasteiger charge is -2.20. The van der Waals surface area contributed by atoms with Crippen molar-refractivity contribution < 1.29 is 9.53 Å². The molecule has 72 valence electrons. The van der Waals surface area contributed by atoms with E-state index in [0.717, 1.165) is 6.42 Å². The van der Waals surface area contributed by atoms with E-state index in [9.17, 15) is 4.79 Å². The summed E-state index contributed by atoms with van der Waals surface area (Å²) in [7, 11) is 0. The molecule has 0 unspecified atom stereocenters. The highest BCUT2D eigenvalue weighted by atomic mass is 16.6. The first-order chi connectivity index (χ1) is 5.35. The van der Waals surface area contributed by atoms with Crippen LogP contribution in [-0.2, 0) is 9.53 Å². The van der Waals surface area contributed by atoms with Gasteiger partial charge in [0, 0.05) is 6.42 Å². The van der Waals surface area contributed by atoms with Crippen molar-refractivity contribution in [2.75, 3.05) is 0 Å². The minimum Gasteiger partial charge on any atom is -0.460 e. The third-order valence-corrected chi connectivity index (χ3v) is 1.63. The van der Waals surface area contributed by atoms with E-state index in [0.29, 0.717) is 12.3 Å². The van der Waals surface area contributed by atoms with Crippen molar-refractivity contribution in [3.05, 3.63) is 0 Å². The molecule has 0 saturated carbocycles. The number of rotatable bonds is 3. The minimum absolute atomic E-state index is 0.0862. The molecule has 0 bridgehead atoms. The summed E-state index contributed by atoms with van der Waals surface area (Å²) in [6, 6.07) is 0. The predicted octanol–water partition coefficient (Wildman–Crippen LogP) is 2.76. The molecule has 0 aliphatic carbocycles. The van der Waals surface area contributed by atoms with Crippen LogP contribution in [0.4, 0.5) is 0 Å². The van der Waals surface area contributed by atoms with Crippen LogP contribution in [0, 0.1) is 5.92 Å². The average Bonchev–Trinajstić information content (AvgIpc) is 1.82. The molecular weight excluding hydrogens is 152 g/mol. The highest BCUT2D eigenvalue weighted by Crippen LogP contribution is 2.13. The van der Waals surface area contributed by atoms with Gasteiger partial charge < -0.3 is 4.74 Å². The van der Waals surface area contributed by atoms with Gasteiger partial charge in [-0.25, -0.2) is 0 Å². The molecule has 0 N–H and O–H groups in total. The van der Waals surface area contributed by atoms with Gasteiger partial charge in [-0.1, -0.05) is 20.3 Å². The fraction of sp³-hybridized carbons (Fsp3) is 0.900. The Bertz CT molecular complexity index is 144. The van der Waals surface area contributed by atoms with Crippen molar-refractivity contribution in [2.45, 2.75) is 53.1 Å². The van der Waals surface area contributed by atoms with Crippen molar-refractivity contribution in [2.24, 2.45) is 5.92 Å². The van der Waals surface area contributed by atoms with E-state index in [4.69, 9.17) is 4.74 Å². The molecule has 0 aliphatic rings. The maximum absolute atomic E-state index is 11.2. The Hall–Kier alpha value is -0.530. The van der Waals surface area contributed by atoms with Gasteiger partial charge in [0.25, 0.3) is 0 Å². The first-order valence-corrected chi connectivity index (χ1v) is 4.57. The van der Waals surface area contributed by atoms with E-state index in [1.807, 2.05) is 20.8 Å². The molecule has 12 heavy (non-hydrogen) atoms. The number of hydrogen-bond acceptors (Lipinski definition) is 2. The third-order valence-electron chi connectivity index (χ3n) is 1.63. The zero-order valence-electron chi connectivity index (χ0n) is 8.81. The lowest BCUT2D eigenvalue weighted by atomic mass is 10.1. The van der Waals surface area contributed by atoms with Crippen LogP contribution in [0.15, 0.2) is 0 Å². The molecule has 1 atom stereocenters. The Labute approximate surface area is 75.3 Å². The second-order valence-electron chi connectivity index (χ2n) is 4.30. The zero-order valence-corrected chi connectivity index (χ0v) is 8.81. The Morgan fingerprint density at radius 2 is 1.92 bits per heavy atom. The SMILES string of the molecule is CC[C@@H](C)CC(=O)OC(C)(C)C. The molecule has 0 spiro atoms. The van der Waals surface area contributed by atoms with Crippen molar-refractivity contribution in [1.82, 2.24) is 0 Å². The number of carbonyl (C=O) groups is 1. The summed E-state index contributed by atoms with van der Waals surface area (Å²) < 4.78 is 5.17. The van der Waals surface area contributed by atoms with E-state index in [-0.39, 0.29) is 11.6 Å². The smallest absolute Gasteiger partial charge is 0.306 e. The summed E-state index contributed by atoms with van der Waals surface area (Å²) >= 11 is 0. The van der Waals surface area contributed by atoms with Crippen molar-refractivity contribution in [3.63, 3.8) is 0 Å². The molecule has 2 heteroatoms. The molecule has 0 aromatic heterocycles. The highest BCUT2D eigenvalue weighted by Gasteiger charge is 2.17. The van der Waals surface area contributed by atoms with Crippen molar-refractivity contribution in [1.29, 1.82) is 0 Å². The minimum atomic E-state index is -0.343. The topological polar surface area (TPSA) is 26.3 Å². The second kappa shape index (κ2) is 4.48. The van der Waals surface area contributed by atoms with Crippen LogP contribution in [-0.4, -0.2) is 11.6 Å². The van der Waals surface area contributed by atoms with Crippen LogP contribution in [0.1, 0.15) is 47.5 Å². The van der Waals surface area contributed by atoms with Crippen LogP contribution in [0.5, 0.6) is 0 Å². The van der Waals surface area contributed by atoms with E-state index in [1.165, 1.54) is 0 Å². The van der Waals surface area contributed by atoms with Crippen molar-refractivity contribution >= 4 is 5.97 Å². The normalized spacial score (nSPS) is 14.1. The van der Waals surface area contributed by atoms with Crippen LogP contribution < -0.4 is 0 Å². The molecule has 0 amide bonds. The summed E-state index contributed by atoms with van der Waals surface area (Å²) in [6.45, 7) is 9.81. The van der Waals surface area contributed by atoms with Crippen LogP contribution in [0.2, 0.25) is 0 Å². The average molecular weight is 172 g/mol. The molecule has 0 aromatic rings. The quantitative estimate of drug-likeness (QED) is 0.612. The van der Waals surface area contributed by atoms with E-state index in [1.54, 1.807) is 0 Å². The molecule has 0 aromatic carbocycles. The number of hydrogen-bond donors (Lipinski definition) is 0. The van der Waals surface area contributed by atoms with Crippen LogP contribution >= 0.6 is 0 Å². The van der Waals surface area contributed by atoms with Gasteiger partial charge >= 0.3 is 5.97 Å². The monoisotopic (exact) mass is 172 g/mol. The maximum atomic E-state index is 11.2. The highest BCUT2D eigenvalue weighted by molar-refractivity contribution is 5.70. The summed E-state index contributed by atoms with van der Waals surface area (Å²) in [6.07, 6.45) is 1.56. The fourth-order valence-corrected chi connectivity index (χ4v) is 0.812. The largest absolute Gasteiger partial charge is 0.460 e. The predicted molar refractivity (Wildman–Crippen MR) is 49.9 cm³/mol. The van der Waals surface area contributed by atoms with E-state index < -0.39 is 0 Å². The summed E-state index contributed by atoms with van der Waals surface area (Å²) in [5, 5.41) is 0. The Morgan fingerprint density at radius 3 is 2.25 bits per heavy atom. The second-order valence-corrected chi connectivity index (χ2v) is 4.30. The Kier molecular flexibility index (Phi) is 4.29. The number of esters is 1. The van der Waals surface area contributed by atoms with Gasteiger partial charge in [0.05, 0.1) is 0 Å². The van der Waals surface area contributed by atoms with Crippen LogP contribution in [0.25, 0.3) is 0 Å². The van der Waals surface area contributed by atoms with Gasteiger partial charge in [-0.05, 0) is 26.7 Å². The number of ether oxygens (including phenoxy) is 1. The van der Waals surface area contributed by atoms with E-state index in [2.05, 4.69) is 13.8 Å². The third kappa shape index (κ3) is 6.20. The summed E-state index contributed by atoms with van der Waals surface area (Å²) in [5.74, 6) is 0.344. The molecule has 0 heterocycles. The first kappa shape index (κ1) is 11.5. The Balaban J connectivity index is 3.75.